The standard InChI is InChI=1S/C24H25BrN2O6/c1-3-32-21(28)15-26-20-8-6-5-7-18(20)22(29)27(24(26)31)14-17-11-9-16(10-12-17)13-19(25)23(30)33-4-2/h5-12,19H,3-4,13-15H2,1-2H3. The van der Waals surface area contributed by atoms with Crippen molar-refractivity contribution in [2.24, 2.45) is 0 Å². The molecule has 0 fully saturated rings. The Labute approximate surface area is 198 Å². The van der Waals surface area contributed by atoms with Crippen LogP contribution in [0.15, 0.2) is 58.1 Å². The molecule has 0 saturated heterocycles. The maximum absolute atomic E-state index is 13.2. The molecule has 0 aliphatic carbocycles. The number of alkyl halides is 1. The van der Waals surface area contributed by atoms with Crippen LogP contribution in [0, 0.1) is 0 Å². The number of carbonyl (C=O) groups excluding carboxylic acids is 2. The zero-order valence-corrected chi connectivity index (χ0v) is 20.0. The first kappa shape index (κ1) is 24.4. The number of halogens is 1. The summed E-state index contributed by atoms with van der Waals surface area (Å²) in [5.74, 6) is -0.878. The quantitative estimate of drug-likeness (QED) is 0.320. The highest BCUT2D eigenvalue weighted by molar-refractivity contribution is 9.10. The Morgan fingerprint density at radius 1 is 0.909 bits per heavy atom. The van der Waals surface area contributed by atoms with Crippen LogP contribution in [0.1, 0.15) is 25.0 Å². The summed E-state index contributed by atoms with van der Waals surface area (Å²) in [7, 11) is 0. The van der Waals surface area contributed by atoms with Gasteiger partial charge in [-0.3, -0.25) is 23.5 Å². The van der Waals surface area contributed by atoms with Gasteiger partial charge in [0.05, 0.1) is 30.7 Å². The van der Waals surface area contributed by atoms with Crippen molar-refractivity contribution in [3.05, 3.63) is 80.5 Å². The number of hydrogen-bond donors (Lipinski definition) is 0. The van der Waals surface area contributed by atoms with E-state index in [4.69, 9.17) is 9.47 Å². The molecule has 0 saturated carbocycles. The minimum Gasteiger partial charge on any atom is -0.465 e. The summed E-state index contributed by atoms with van der Waals surface area (Å²) in [5.41, 5.74) is 1.01. The lowest BCUT2D eigenvalue weighted by Gasteiger charge is -2.14. The van der Waals surface area contributed by atoms with Gasteiger partial charge in [-0.15, -0.1) is 0 Å². The third-order valence-corrected chi connectivity index (χ3v) is 5.74. The summed E-state index contributed by atoms with van der Waals surface area (Å²) in [4.78, 5) is 49.6. The van der Waals surface area contributed by atoms with Crippen LogP contribution in [0.5, 0.6) is 0 Å². The number of carbonyl (C=O) groups is 2. The Hall–Kier alpha value is -3.20. The van der Waals surface area contributed by atoms with E-state index >= 15 is 0 Å². The molecule has 9 heteroatoms. The van der Waals surface area contributed by atoms with Gasteiger partial charge in [-0.05, 0) is 43.5 Å². The number of fused-ring (bicyclic) bond motifs is 1. The van der Waals surface area contributed by atoms with E-state index in [1.54, 1.807) is 50.2 Å². The smallest absolute Gasteiger partial charge is 0.332 e. The van der Waals surface area contributed by atoms with Crippen molar-refractivity contribution in [3.8, 4) is 0 Å². The van der Waals surface area contributed by atoms with E-state index in [2.05, 4.69) is 15.9 Å². The highest BCUT2D eigenvalue weighted by atomic mass is 79.9. The molecule has 0 bridgehead atoms. The summed E-state index contributed by atoms with van der Waals surface area (Å²) in [5, 5.41) is 0.342. The minimum atomic E-state index is -0.585. The average molecular weight is 517 g/mol. The van der Waals surface area contributed by atoms with Crippen molar-refractivity contribution in [1.82, 2.24) is 9.13 Å². The lowest BCUT2D eigenvalue weighted by molar-refractivity contribution is -0.144. The highest BCUT2D eigenvalue weighted by Gasteiger charge is 2.18. The van der Waals surface area contributed by atoms with Gasteiger partial charge in [-0.25, -0.2) is 4.79 Å². The number of para-hydroxylation sites is 1. The van der Waals surface area contributed by atoms with Crippen molar-refractivity contribution >= 4 is 38.8 Å². The fourth-order valence-corrected chi connectivity index (χ4v) is 3.99. The topological polar surface area (TPSA) is 96.6 Å². The molecule has 33 heavy (non-hydrogen) atoms. The Balaban J connectivity index is 1.91. The lowest BCUT2D eigenvalue weighted by atomic mass is 10.1. The number of esters is 2. The number of hydrogen-bond acceptors (Lipinski definition) is 6. The van der Waals surface area contributed by atoms with Crippen LogP contribution in [-0.2, 0) is 38.6 Å². The molecule has 0 aliphatic rings. The molecule has 0 N–H and O–H groups in total. The summed E-state index contributed by atoms with van der Waals surface area (Å²) in [6.45, 7) is 3.71. The lowest BCUT2D eigenvalue weighted by Crippen LogP contribution is -2.41. The molecule has 174 valence electrons. The zero-order chi connectivity index (χ0) is 24.0. The molecular weight excluding hydrogens is 492 g/mol. The monoisotopic (exact) mass is 516 g/mol. The van der Waals surface area contributed by atoms with E-state index in [0.717, 1.165) is 15.7 Å². The molecule has 3 aromatic rings. The van der Waals surface area contributed by atoms with Crippen LogP contribution in [0.3, 0.4) is 0 Å². The third kappa shape index (κ3) is 5.78. The van der Waals surface area contributed by atoms with Crippen molar-refractivity contribution in [3.63, 3.8) is 0 Å². The van der Waals surface area contributed by atoms with Gasteiger partial charge >= 0.3 is 17.6 Å². The second kappa shape index (κ2) is 11.1. The van der Waals surface area contributed by atoms with E-state index in [0.29, 0.717) is 23.9 Å². The number of rotatable bonds is 9. The Bertz CT molecular complexity index is 1260. The van der Waals surface area contributed by atoms with Crippen LogP contribution >= 0.6 is 15.9 Å². The first-order valence-electron chi connectivity index (χ1n) is 10.6. The van der Waals surface area contributed by atoms with Crippen LogP contribution in [0.4, 0.5) is 0 Å². The SMILES string of the molecule is CCOC(=O)Cn1c(=O)n(Cc2ccc(CC(Br)C(=O)OCC)cc2)c(=O)c2ccccc21. The molecule has 1 aromatic heterocycles. The molecule has 0 aliphatic heterocycles. The molecular formula is C24H25BrN2O6. The van der Waals surface area contributed by atoms with E-state index in [1.807, 2.05) is 12.1 Å². The number of nitrogens with zero attached hydrogens (tertiary/aromatic N) is 2. The summed E-state index contributed by atoms with van der Waals surface area (Å²) >= 11 is 3.33. The van der Waals surface area contributed by atoms with Gasteiger partial charge in [0, 0.05) is 0 Å². The largest absolute Gasteiger partial charge is 0.465 e. The van der Waals surface area contributed by atoms with Gasteiger partial charge in [0.15, 0.2) is 0 Å². The van der Waals surface area contributed by atoms with E-state index in [1.165, 1.54) is 4.57 Å². The number of ether oxygens (including phenoxy) is 2. The van der Waals surface area contributed by atoms with Crippen molar-refractivity contribution in [2.75, 3.05) is 13.2 Å². The number of aromatic nitrogens is 2. The summed E-state index contributed by atoms with van der Waals surface area (Å²) in [6.07, 6.45) is 0.446. The van der Waals surface area contributed by atoms with Crippen molar-refractivity contribution in [2.45, 2.75) is 38.2 Å². The Morgan fingerprint density at radius 2 is 1.55 bits per heavy atom. The second-order valence-corrected chi connectivity index (χ2v) is 8.43. The van der Waals surface area contributed by atoms with Crippen molar-refractivity contribution in [1.29, 1.82) is 0 Å². The van der Waals surface area contributed by atoms with E-state index < -0.39 is 22.0 Å². The fraction of sp³-hybridized carbons (Fsp3) is 0.333. The molecule has 0 radical (unpaired) electrons. The predicted octanol–water partition coefficient (Wildman–Crippen LogP) is 2.64. The second-order valence-electron chi connectivity index (χ2n) is 7.32. The normalized spacial score (nSPS) is 11.8. The van der Waals surface area contributed by atoms with Crippen molar-refractivity contribution < 1.29 is 19.1 Å². The highest BCUT2D eigenvalue weighted by Crippen LogP contribution is 2.14. The molecule has 0 spiro atoms. The third-order valence-electron chi connectivity index (χ3n) is 5.05. The van der Waals surface area contributed by atoms with E-state index in [-0.39, 0.29) is 25.7 Å². The summed E-state index contributed by atoms with van der Waals surface area (Å²) < 4.78 is 12.4. The molecule has 8 nitrogen and oxygen atoms in total. The molecule has 3 rings (SSSR count). The van der Waals surface area contributed by atoms with Crippen LogP contribution in [0.2, 0.25) is 0 Å². The zero-order valence-electron chi connectivity index (χ0n) is 18.5. The van der Waals surface area contributed by atoms with Gasteiger partial charge in [0.1, 0.15) is 11.4 Å². The average Bonchev–Trinajstić information content (AvgIpc) is 2.81. The molecule has 1 heterocycles. The Morgan fingerprint density at radius 3 is 2.21 bits per heavy atom. The van der Waals surface area contributed by atoms with Gasteiger partial charge in [-0.2, -0.15) is 0 Å². The maximum atomic E-state index is 13.2. The molecule has 1 atom stereocenters. The van der Waals surface area contributed by atoms with E-state index in [9.17, 15) is 19.2 Å². The first-order chi connectivity index (χ1) is 15.8. The fourth-order valence-electron chi connectivity index (χ4n) is 3.49. The molecule has 0 amide bonds. The molecule has 1 unspecified atom stereocenters. The maximum Gasteiger partial charge on any atom is 0.332 e. The van der Waals surface area contributed by atoms with Crippen LogP contribution in [-0.4, -0.2) is 39.1 Å². The van der Waals surface area contributed by atoms with Crippen LogP contribution in [0.25, 0.3) is 10.9 Å². The van der Waals surface area contributed by atoms with Gasteiger partial charge in [0.25, 0.3) is 5.56 Å². The Kier molecular flexibility index (Phi) is 8.21. The van der Waals surface area contributed by atoms with Gasteiger partial charge in [-0.1, -0.05) is 52.3 Å². The minimum absolute atomic E-state index is 0.0429. The van der Waals surface area contributed by atoms with Gasteiger partial charge < -0.3 is 9.47 Å². The van der Waals surface area contributed by atoms with Crippen LogP contribution < -0.4 is 11.2 Å². The summed E-state index contributed by atoms with van der Waals surface area (Å²) in [6, 6.07) is 14.0. The first-order valence-corrected chi connectivity index (χ1v) is 11.5. The number of benzene rings is 2. The van der Waals surface area contributed by atoms with Gasteiger partial charge in [0.2, 0.25) is 0 Å². The predicted molar refractivity (Wildman–Crippen MR) is 128 cm³/mol. The molecule has 2 aromatic carbocycles.